The van der Waals surface area contributed by atoms with Gasteiger partial charge in [-0.3, -0.25) is 4.40 Å². The summed E-state index contributed by atoms with van der Waals surface area (Å²) in [5.74, 6) is 0. The Morgan fingerprint density at radius 3 is 2.61 bits per heavy atom. The van der Waals surface area contributed by atoms with Gasteiger partial charge in [-0.1, -0.05) is 28.1 Å². The molecule has 0 bridgehead atoms. The highest BCUT2D eigenvalue weighted by Crippen LogP contribution is 2.31. The third-order valence-corrected chi connectivity index (χ3v) is 4.82. The van der Waals surface area contributed by atoms with Crippen molar-refractivity contribution in [2.75, 3.05) is 0 Å². The van der Waals surface area contributed by atoms with Crippen LogP contribution < -0.4 is 0 Å². The molecule has 3 aromatic rings. The number of aryl methyl sites for hydroxylation is 3. The molecular weight excluding hydrogens is 308 g/mol. The first-order valence-corrected chi connectivity index (χ1v) is 7.40. The molecule has 2 aromatic heterocycles. The van der Waals surface area contributed by atoms with Gasteiger partial charge in [0.1, 0.15) is 0 Å². The van der Waals surface area contributed by atoms with Crippen molar-refractivity contribution >= 4 is 32.2 Å². The van der Waals surface area contributed by atoms with E-state index in [1.165, 1.54) is 16.3 Å². The van der Waals surface area contributed by atoms with Crippen LogP contribution in [0.3, 0.4) is 0 Å². The molecule has 0 amide bonds. The van der Waals surface area contributed by atoms with Gasteiger partial charge in [-0.25, -0.2) is 4.98 Å². The number of hydrogen-bond acceptors (Lipinski definition) is 2. The van der Waals surface area contributed by atoms with Gasteiger partial charge in [0, 0.05) is 26.3 Å². The lowest BCUT2D eigenvalue weighted by Gasteiger charge is -2.01. The summed E-state index contributed by atoms with van der Waals surface area (Å²) >= 11 is 5.27. The zero-order chi connectivity index (χ0) is 12.9. The molecule has 0 spiro atoms. The quantitative estimate of drug-likeness (QED) is 0.632. The van der Waals surface area contributed by atoms with Crippen LogP contribution >= 0.6 is 27.3 Å². The number of halogens is 1. The molecular formula is C14H13BrN2S. The van der Waals surface area contributed by atoms with Gasteiger partial charge in [0.05, 0.1) is 5.69 Å². The lowest BCUT2D eigenvalue weighted by Crippen LogP contribution is -1.89. The van der Waals surface area contributed by atoms with Gasteiger partial charge in [0.15, 0.2) is 4.96 Å². The van der Waals surface area contributed by atoms with Crippen molar-refractivity contribution in [2.45, 2.75) is 20.8 Å². The van der Waals surface area contributed by atoms with E-state index in [0.29, 0.717) is 0 Å². The van der Waals surface area contributed by atoms with Crippen molar-refractivity contribution < 1.29 is 0 Å². The van der Waals surface area contributed by atoms with E-state index in [4.69, 9.17) is 4.98 Å². The van der Waals surface area contributed by atoms with E-state index in [1.807, 2.05) is 12.1 Å². The van der Waals surface area contributed by atoms with Gasteiger partial charge in [-0.05, 0) is 32.9 Å². The lowest BCUT2D eigenvalue weighted by molar-refractivity contribution is 1.05. The van der Waals surface area contributed by atoms with Crippen molar-refractivity contribution in [1.29, 1.82) is 0 Å². The molecule has 0 fully saturated rings. The summed E-state index contributed by atoms with van der Waals surface area (Å²) < 4.78 is 3.33. The van der Waals surface area contributed by atoms with Crippen molar-refractivity contribution in [3.8, 4) is 11.3 Å². The lowest BCUT2D eigenvalue weighted by atomic mass is 10.1. The Kier molecular flexibility index (Phi) is 2.79. The molecule has 0 saturated carbocycles. The van der Waals surface area contributed by atoms with E-state index in [0.717, 1.165) is 20.7 Å². The molecule has 0 N–H and O–H groups in total. The molecule has 0 aliphatic carbocycles. The summed E-state index contributed by atoms with van der Waals surface area (Å²) in [7, 11) is 0. The van der Waals surface area contributed by atoms with E-state index in [-0.39, 0.29) is 0 Å². The zero-order valence-electron chi connectivity index (χ0n) is 10.5. The van der Waals surface area contributed by atoms with Crippen LogP contribution in [0.5, 0.6) is 0 Å². The van der Waals surface area contributed by atoms with Gasteiger partial charge in [-0.2, -0.15) is 0 Å². The number of rotatable bonds is 1. The number of nitrogens with zero attached hydrogens (tertiary/aromatic N) is 2. The average molecular weight is 321 g/mol. The van der Waals surface area contributed by atoms with E-state index >= 15 is 0 Å². The Morgan fingerprint density at radius 2 is 1.94 bits per heavy atom. The fourth-order valence-electron chi connectivity index (χ4n) is 2.22. The largest absolute Gasteiger partial charge is 0.291 e. The Balaban J connectivity index is 2.28. The van der Waals surface area contributed by atoms with E-state index in [2.05, 4.69) is 53.2 Å². The highest BCUT2D eigenvalue weighted by molar-refractivity contribution is 9.10. The van der Waals surface area contributed by atoms with Crippen molar-refractivity contribution in [3.63, 3.8) is 0 Å². The highest BCUT2D eigenvalue weighted by Gasteiger charge is 2.15. The van der Waals surface area contributed by atoms with Crippen LogP contribution in [0.25, 0.3) is 16.2 Å². The van der Waals surface area contributed by atoms with Crippen LogP contribution in [0.4, 0.5) is 0 Å². The summed E-state index contributed by atoms with van der Waals surface area (Å²) in [5, 5.41) is 0. The minimum atomic E-state index is 1.07. The molecule has 4 heteroatoms. The third kappa shape index (κ3) is 1.71. The molecule has 0 radical (unpaired) electrons. The Hall–Kier alpha value is -1.13. The first kappa shape index (κ1) is 11.9. The Morgan fingerprint density at radius 1 is 1.17 bits per heavy atom. The van der Waals surface area contributed by atoms with Crippen LogP contribution in [-0.2, 0) is 0 Å². The number of aromatic nitrogens is 2. The van der Waals surface area contributed by atoms with Crippen LogP contribution in [0.2, 0.25) is 0 Å². The molecule has 0 aliphatic rings. The molecule has 3 rings (SSSR count). The maximum Gasteiger partial charge on any atom is 0.194 e. The molecule has 0 aliphatic heterocycles. The van der Waals surface area contributed by atoms with Gasteiger partial charge in [0.2, 0.25) is 0 Å². The molecule has 0 atom stereocenters. The number of benzene rings is 1. The monoisotopic (exact) mass is 320 g/mol. The second kappa shape index (κ2) is 4.21. The fraction of sp³-hybridized carbons (Fsp3) is 0.214. The number of fused-ring (bicyclic) bond motifs is 1. The minimum absolute atomic E-state index is 1.07. The van der Waals surface area contributed by atoms with Gasteiger partial charge < -0.3 is 0 Å². The molecule has 2 nitrogen and oxygen atoms in total. The highest BCUT2D eigenvalue weighted by atomic mass is 79.9. The summed E-state index contributed by atoms with van der Waals surface area (Å²) in [4.78, 5) is 7.18. The van der Waals surface area contributed by atoms with Crippen LogP contribution in [0.15, 0.2) is 28.7 Å². The van der Waals surface area contributed by atoms with Crippen LogP contribution in [0, 0.1) is 20.8 Å². The second-order valence-electron chi connectivity index (χ2n) is 4.42. The third-order valence-electron chi connectivity index (χ3n) is 3.26. The van der Waals surface area contributed by atoms with Gasteiger partial charge >= 0.3 is 0 Å². The molecule has 0 unspecified atom stereocenters. The summed E-state index contributed by atoms with van der Waals surface area (Å²) in [6, 6.07) is 8.30. The summed E-state index contributed by atoms with van der Waals surface area (Å²) in [6.45, 7) is 6.43. The standard InChI is InChI=1S/C14H13BrN2S/c1-8-10(3)18-14-16-13(9(2)17(8)14)11-5-4-6-12(15)7-11/h4-7H,1-3H3. The summed E-state index contributed by atoms with van der Waals surface area (Å²) in [6.07, 6.45) is 0. The van der Waals surface area contributed by atoms with Crippen molar-refractivity contribution in [2.24, 2.45) is 0 Å². The van der Waals surface area contributed by atoms with E-state index < -0.39 is 0 Å². The second-order valence-corrected chi connectivity index (χ2v) is 6.52. The SMILES string of the molecule is Cc1sc2nc(-c3cccc(Br)c3)c(C)n2c1C. The smallest absolute Gasteiger partial charge is 0.194 e. The fourth-order valence-corrected chi connectivity index (χ4v) is 3.63. The normalized spacial score (nSPS) is 11.3. The first-order chi connectivity index (χ1) is 8.58. The number of thiazole rings is 1. The van der Waals surface area contributed by atoms with Crippen LogP contribution in [0.1, 0.15) is 16.3 Å². The zero-order valence-corrected chi connectivity index (χ0v) is 12.9. The van der Waals surface area contributed by atoms with Gasteiger partial charge in [0.25, 0.3) is 0 Å². The average Bonchev–Trinajstić information content (AvgIpc) is 2.79. The molecule has 1 aromatic carbocycles. The minimum Gasteiger partial charge on any atom is -0.291 e. The predicted octanol–water partition coefficient (Wildman–Crippen LogP) is 4.75. The van der Waals surface area contributed by atoms with E-state index in [9.17, 15) is 0 Å². The maximum absolute atomic E-state index is 4.77. The molecule has 92 valence electrons. The van der Waals surface area contributed by atoms with Crippen LogP contribution in [-0.4, -0.2) is 9.38 Å². The first-order valence-electron chi connectivity index (χ1n) is 5.79. The molecule has 2 heterocycles. The topological polar surface area (TPSA) is 17.3 Å². The molecule has 0 saturated heterocycles. The Bertz CT molecular complexity index is 740. The van der Waals surface area contributed by atoms with Crippen molar-refractivity contribution in [1.82, 2.24) is 9.38 Å². The Labute approximate surface area is 118 Å². The summed E-state index contributed by atoms with van der Waals surface area (Å²) in [5.41, 5.74) is 4.74. The van der Waals surface area contributed by atoms with Crippen molar-refractivity contribution in [3.05, 3.63) is 45.0 Å². The predicted molar refractivity (Wildman–Crippen MR) is 80.4 cm³/mol. The molecule has 18 heavy (non-hydrogen) atoms. The van der Waals surface area contributed by atoms with Gasteiger partial charge in [-0.15, -0.1) is 11.3 Å². The van der Waals surface area contributed by atoms with E-state index in [1.54, 1.807) is 11.3 Å². The number of imidazole rings is 1. The number of hydrogen-bond donors (Lipinski definition) is 0. The maximum atomic E-state index is 4.77.